The fourth-order valence-electron chi connectivity index (χ4n) is 2.46. The number of hydrogen-bond acceptors (Lipinski definition) is 6. The molecule has 0 atom stereocenters. The summed E-state index contributed by atoms with van der Waals surface area (Å²) in [7, 11) is 0. The van der Waals surface area contributed by atoms with Gasteiger partial charge < -0.3 is 10.0 Å². The Kier molecular flexibility index (Phi) is 4.38. The van der Waals surface area contributed by atoms with Gasteiger partial charge in [-0.2, -0.15) is 0 Å². The van der Waals surface area contributed by atoms with E-state index >= 15 is 0 Å². The Morgan fingerprint density at radius 3 is 2.40 bits per heavy atom. The highest BCUT2D eigenvalue weighted by molar-refractivity contribution is 5.93. The molecule has 1 amide bonds. The molecule has 0 radical (unpaired) electrons. The minimum absolute atomic E-state index is 0.00624. The summed E-state index contributed by atoms with van der Waals surface area (Å²) < 4.78 is 0. The van der Waals surface area contributed by atoms with E-state index in [1.54, 1.807) is 18.2 Å². The minimum atomic E-state index is -1.23. The van der Waals surface area contributed by atoms with Gasteiger partial charge in [0.1, 0.15) is 5.69 Å². The van der Waals surface area contributed by atoms with Crippen LogP contribution in [-0.4, -0.2) is 42.8 Å². The van der Waals surface area contributed by atoms with Gasteiger partial charge in [0.05, 0.1) is 23.9 Å². The molecule has 0 bridgehead atoms. The van der Waals surface area contributed by atoms with Crippen LogP contribution in [0.25, 0.3) is 0 Å². The van der Waals surface area contributed by atoms with Gasteiger partial charge in [-0.3, -0.25) is 14.9 Å². The number of carbonyl (C=O) groups excluding carboxylic acids is 1. The summed E-state index contributed by atoms with van der Waals surface area (Å²) in [5.74, 6) is -1.66. The highest BCUT2D eigenvalue weighted by Gasteiger charge is 2.35. The predicted molar refractivity (Wildman–Crippen MR) is 85.0 cm³/mol. The van der Waals surface area contributed by atoms with Gasteiger partial charge in [0.2, 0.25) is 0 Å². The number of hydrogen-bond donors (Lipinski definition) is 1. The van der Waals surface area contributed by atoms with Crippen LogP contribution < -0.4 is 0 Å². The topological polar surface area (TPSA) is 127 Å². The van der Waals surface area contributed by atoms with Gasteiger partial charge in [0.25, 0.3) is 11.6 Å². The van der Waals surface area contributed by atoms with Crippen molar-refractivity contribution in [3.05, 3.63) is 63.7 Å². The first-order valence-corrected chi connectivity index (χ1v) is 7.56. The van der Waals surface area contributed by atoms with Crippen molar-refractivity contribution >= 4 is 17.6 Å². The standard InChI is InChI=1S/C16H14N4O5/c21-15(12-7-18-13(8-17-12)16(22)23)19(11-5-6-11)9-10-3-1-2-4-14(10)20(24)25/h1-4,7-8,11H,5-6,9H2,(H,22,23). The van der Waals surface area contributed by atoms with Crippen molar-refractivity contribution in [3.8, 4) is 0 Å². The molecule has 1 N–H and O–H groups in total. The van der Waals surface area contributed by atoms with Crippen molar-refractivity contribution in [2.45, 2.75) is 25.4 Å². The average molecular weight is 342 g/mol. The molecule has 9 heteroatoms. The van der Waals surface area contributed by atoms with E-state index in [0.29, 0.717) is 5.56 Å². The monoisotopic (exact) mass is 342 g/mol. The molecular weight excluding hydrogens is 328 g/mol. The molecule has 0 unspecified atom stereocenters. The van der Waals surface area contributed by atoms with Crippen molar-refractivity contribution in [2.75, 3.05) is 0 Å². The number of nitro groups is 1. The fourth-order valence-corrected chi connectivity index (χ4v) is 2.46. The van der Waals surface area contributed by atoms with Gasteiger partial charge in [-0.25, -0.2) is 14.8 Å². The summed E-state index contributed by atoms with van der Waals surface area (Å²) >= 11 is 0. The van der Waals surface area contributed by atoms with E-state index in [1.807, 2.05) is 0 Å². The Labute approximate surface area is 142 Å². The number of carbonyl (C=O) groups is 2. The van der Waals surface area contributed by atoms with E-state index in [4.69, 9.17) is 5.11 Å². The average Bonchev–Trinajstić information content (AvgIpc) is 3.44. The fraction of sp³-hybridized carbons (Fsp3) is 0.250. The van der Waals surface area contributed by atoms with Gasteiger partial charge in [0, 0.05) is 17.7 Å². The van der Waals surface area contributed by atoms with Crippen LogP contribution in [-0.2, 0) is 6.54 Å². The van der Waals surface area contributed by atoms with Crippen molar-refractivity contribution < 1.29 is 19.6 Å². The third-order valence-corrected chi connectivity index (χ3v) is 3.87. The number of nitro benzene ring substituents is 1. The molecule has 0 saturated heterocycles. The predicted octanol–water partition coefficient (Wildman–Crippen LogP) is 1.89. The summed E-state index contributed by atoms with van der Waals surface area (Å²) in [5.41, 5.74) is 0.139. The second-order valence-corrected chi connectivity index (χ2v) is 5.64. The highest BCUT2D eigenvalue weighted by atomic mass is 16.6. The molecule has 128 valence electrons. The van der Waals surface area contributed by atoms with Gasteiger partial charge in [-0.15, -0.1) is 0 Å². The molecule has 1 aliphatic carbocycles. The highest BCUT2D eigenvalue weighted by Crippen LogP contribution is 2.31. The van der Waals surface area contributed by atoms with E-state index in [2.05, 4.69) is 9.97 Å². The number of amides is 1. The Balaban J connectivity index is 1.85. The number of carboxylic acid groups (broad SMARTS) is 1. The summed E-state index contributed by atoms with van der Waals surface area (Å²) in [6, 6.07) is 6.25. The Morgan fingerprint density at radius 2 is 1.84 bits per heavy atom. The van der Waals surface area contributed by atoms with E-state index in [1.165, 1.54) is 11.0 Å². The van der Waals surface area contributed by atoms with Crippen LogP contribution in [0.3, 0.4) is 0 Å². The van der Waals surface area contributed by atoms with Crippen LogP contribution in [0.5, 0.6) is 0 Å². The van der Waals surface area contributed by atoms with E-state index < -0.39 is 16.8 Å². The zero-order chi connectivity index (χ0) is 18.0. The van der Waals surface area contributed by atoms with Crippen LogP contribution in [0.2, 0.25) is 0 Å². The van der Waals surface area contributed by atoms with Gasteiger partial charge in [-0.1, -0.05) is 18.2 Å². The number of aromatic nitrogens is 2. The van der Waals surface area contributed by atoms with Crippen LogP contribution in [0.4, 0.5) is 5.69 Å². The zero-order valence-electron chi connectivity index (χ0n) is 13.0. The number of para-hydroxylation sites is 1. The van der Waals surface area contributed by atoms with Crippen LogP contribution in [0.1, 0.15) is 39.4 Å². The number of nitrogens with zero attached hydrogens (tertiary/aromatic N) is 4. The Hall–Kier alpha value is -3.36. The molecule has 1 saturated carbocycles. The summed E-state index contributed by atoms with van der Waals surface area (Å²) in [4.78, 5) is 43.3. The second kappa shape index (κ2) is 6.63. The van der Waals surface area contributed by atoms with Crippen LogP contribution in [0.15, 0.2) is 36.7 Å². The molecule has 25 heavy (non-hydrogen) atoms. The lowest BCUT2D eigenvalue weighted by Gasteiger charge is -2.22. The van der Waals surface area contributed by atoms with E-state index in [-0.39, 0.29) is 29.7 Å². The Bertz CT molecular complexity index is 833. The molecular formula is C16H14N4O5. The molecule has 1 fully saturated rings. The normalized spacial score (nSPS) is 13.3. The zero-order valence-corrected chi connectivity index (χ0v) is 13.0. The second-order valence-electron chi connectivity index (χ2n) is 5.64. The van der Waals surface area contributed by atoms with Gasteiger partial charge in [0.15, 0.2) is 5.69 Å². The summed E-state index contributed by atoms with van der Waals surface area (Å²) in [6.07, 6.45) is 3.76. The molecule has 0 spiro atoms. The van der Waals surface area contributed by atoms with Gasteiger partial charge in [-0.05, 0) is 12.8 Å². The largest absolute Gasteiger partial charge is 0.476 e. The molecule has 2 aromatic rings. The smallest absolute Gasteiger partial charge is 0.356 e. The van der Waals surface area contributed by atoms with Gasteiger partial charge >= 0.3 is 5.97 Å². The maximum Gasteiger partial charge on any atom is 0.356 e. The third kappa shape index (κ3) is 3.60. The number of aromatic carboxylic acids is 1. The number of rotatable bonds is 6. The molecule has 9 nitrogen and oxygen atoms in total. The number of benzene rings is 1. The lowest BCUT2D eigenvalue weighted by molar-refractivity contribution is -0.385. The quantitative estimate of drug-likeness (QED) is 0.627. The third-order valence-electron chi connectivity index (χ3n) is 3.87. The molecule has 1 aromatic carbocycles. The SMILES string of the molecule is O=C(O)c1cnc(C(=O)N(Cc2ccccc2[N+](=O)[O-])C2CC2)cn1. The first kappa shape index (κ1) is 16.5. The maximum atomic E-state index is 12.7. The molecule has 1 aromatic heterocycles. The molecule has 1 heterocycles. The van der Waals surface area contributed by atoms with Crippen molar-refractivity contribution in [1.82, 2.24) is 14.9 Å². The van der Waals surface area contributed by atoms with E-state index in [0.717, 1.165) is 25.2 Å². The van der Waals surface area contributed by atoms with Crippen LogP contribution in [0, 0.1) is 10.1 Å². The molecule has 3 rings (SSSR count). The first-order chi connectivity index (χ1) is 12.0. The molecule has 0 aliphatic heterocycles. The first-order valence-electron chi connectivity index (χ1n) is 7.56. The Morgan fingerprint density at radius 1 is 1.20 bits per heavy atom. The van der Waals surface area contributed by atoms with Crippen LogP contribution >= 0.6 is 0 Å². The summed E-state index contributed by atoms with van der Waals surface area (Å²) in [5, 5.41) is 20.0. The van der Waals surface area contributed by atoms with Crippen molar-refractivity contribution in [1.29, 1.82) is 0 Å². The number of carboxylic acids is 1. The van der Waals surface area contributed by atoms with Crippen molar-refractivity contribution in [3.63, 3.8) is 0 Å². The van der Waals surface area contributed by atoms with Crippen molar-refractivity contribution in [2.24, 2.45) is 0 Å². The molecule has 1 aliphatic rings. The summed E-state index contributed by atoms with van der Waals surface area (Å²) in [6.45, 7) is 0.0863. The lowest BCUT2D eigenvalue weighted by atomic mass is 10.1. The lowest BCUT2D eigenvalue weighted by Crippen LogP contribution is -2.33. The van der Waals surface area contributed by atoms with E-state index in [9.17, 15) is 19.7 Å². The maximum absolute atomic E-state index is 12.7. The minimum Gasteiger partial charge on any atom is -0.476 e.